The van der Waals surface area contributed by atoms with Crippen LogP contribution in [0.1, 0.15) is 105 Å². The number of phosphoric ester groups is 1. The molecule has 1 aliphatic carbocycles. The molecule has 2 unspecified atom stereocenters. The van der Waals surface area contributed by atoms with Crippen molar-refractivity contribution in [1.29, 1.82) is 0 Å². The van der Waals surface area contributed by atoms with Crippen molar-refractivity contribution < 1.29 is 90.2 Å². The van der Waals surface area contributed by atoms with E-state index in [4.69, 9.17) is 35.6 Å². The van der Waals surface area contributed by atoms with E-state index in [2.05, 4.69) is 32.2 Å². The van der Waals surface area contributed by atoms with Gasteiger partial charge in [0.05, 0.1) is 45.4 Å². The molecule has 18 nitrogen and oxygen atoms in total. The number of hydrogen-bond donors (Lipinski definition) is 2. The van der Waals surface area contributed by atoms with Crippen LogP contribution >= 0.6 is 31.4 Å². The lowest BCUT2D eigenvalue weighted by Gasteiger charge is -2.30. The molecular formula is C55H64ClF10N8O10PS2. The van der Waals surface area contributed by atoms with Gasteiger partial charge in [0, 0.05) is 65.5 Å². The molecule has 478 valence electrons. The van der Waals surface area contributed by atoms with Gasteiger partial charge in [-0.2, -0.15) is 40.2 Å². The fourth-order valence-electron chi connectivity index (χ4n) is 8.71. The van der Waals surface area contributed by atoms with Crippen LogP contribution in [0.25, 0.3) is 22.0 Å². The van der Waals surface area contributed by atoms with Crippen LogP contribution in [0.3, 0.4) is 0 Å². The number of carbonyl (C=O) groups excluding carboxylic acids is 4. The Morgan fingerprint density at radius 1 is 1.00 bits per heavy atom. The summed E-state index contributed by atoms with van der Waals surface area (Å²) < 4.78 is 194. The van der Waals surface area contributed by atoms with E-state index >= 15 is 8.78 Å². The maximum atomic E-state index is 15.4. The number of fused-ring (bicyclic) bond motifs is 1. The predicted octanol–water partition coefficient (Wildman–Crippen LogP) is 12.1. The van der Waals surface area contributed by atoms with Crippen molar-refractivity contribution in [2.75, 3.05) is 43.2 Å². The standard InChI is InChI=1S/C55H64ClF10N8O10PS2/c1-31-27-53(59,60)47(42(31)46(67)55(64,65)66)68-28-40(76)70-39(25-32-23-33(57)26-34(58)24-32)44-36(15-14-35(69-44)18-19-52(8,9)87(11)80)37-16-17-38(56)43-45(37)73(29-54(61,62)63)71-48(43)74(86-10)41(77)13-12-20-72(21-22-75)49(78)81-30-82-85(79,83-50(2,3)4)84-51(5,6)7/h14-17,22-24,26,31,39H,12-13,20-21,25,27-30,67H2,1-11H3,(H,70,76)/b46-42-,68-47?/t31-,39?,87?/m0/s1. The first-order chi connectivity index (χ1) is 40.0. The average Bonchev–Trinajstić information content (AvgIpc) is 1.69. The molecule has 3 atom stereocenters. The maximum Gasteiger partial charge on any atom is 0.478 e. The van der Waals surface area contributed by atoms with E-state index in [1.165, 1.54) is 50.6 Å². The third-order valence-corrected chi connectivity index (χ3v) is 16.9. The van der Waals surface area contributed by atoms with E-state index < -0.39 is 168 Å². The number of phosphoric acid groups is 1. The van der Waals surface area contributed by atoms with E-state index in [1.54, 1.807) is 41.5 Å². The quantitative estimate of drug-likeness (QED) is 0.0186. The Morgan fingerprint density at radius 3 is 2.16 bits per heavy atom. The number of aliphatic imine (C=N–C) groups is 1. The molecule has 87 heavy (non-hydrogen) atoms. The van der Waals surface area contributed by atoms with Crippen LogP contribution in [-0.4, -0.2) is 127 Å². The number of nitrogens with two attached hydrogens (primary N) is 1. The zero-order valence-electron chi connectivity index (χ0n) is 48.9. The Bertz CT molecular complexity index is 3410. The van der Waals surface area contributed by atoms with Crippen LogP contribution < -0.4 is 15.4 Å². The van der Waals surface area contributed by atoms with E-state index in [1.807, 2.05) is 0 Å². The molecule has 0 bridgehead atoms. The van der Waals surface area contributed by atoms with Gasteiger partial charge in [-0.3, -0.25) is 32.5 Å². The lowest BCUT2D eigenvalue weighted by atomic mass is 9.93. The second-order valence-corrected chi connectivity index (χ2v) is 26.8. The minimum atomic E-state index is -5.28. The van der Waals surface area contributed by atoms with Gasteiger partial charge in [0.2, 0.25) is 18.6 Å². The lowest BCUT2D eigenvalue weighted by Crippen LogP contribution is -2.35. The molecule has 2 aromatic carbocycles. The summed E-state index contributed by atoms with van der Waals surface area (Å²) in [6, 6.07) is 5.59. The summed E-state index contributed by atoms with van der Waals surface area (Å²) in [5.74, 6) is -4.64. The summed E-state index contributed by atoms with van der Waals surface area (Å²) in [6.45, 7) is 8.59. The first kappa shape index (κ1) is 71.7. The van der Waals surface area contributed by atoms with Gasteiger partial charge in [0.1, 0.15) is 52.9 Å². The highest BCUT2D eigenvalue weighted by Gasteiger charge is 2.52. The Balaban J connectivity index is 1.64. The molecular weight excluding hydrogens is 1250 g/mol. The number of carbonyl (C=O) groups is 4. The third-order valence-electron chi connectivity index (χ3n) is 12.4. The third kappa shape index (κ3) is 19.7. The number of allylic oxidation sites excluding steroid dienone is 2. The van der Waals surface area contributed by atoms with Crippen molar-refractivity contribution in [3.05, 3.63) is 87.3 Å². The Hall–Kier alpha value is -6.09. The molecule has 1 fully saturated rings. The van der Waals surface area contributed by atoms with Crippen molar-refractivity contribution in [2.24, 2.45) is 16.6 Å². The molecule has 5 rings (SSSR count). The Labute approximate surface area is 506 Å². The minimum Gasteiger partial charge on any atom is -0.422 e. The SMILES string of the molecule is CSN(C(=O)CCCN(CC=O)C(=O)OCOP(=O)(OC(C)(C)C)OC(C)(C)C)c1nn(CC(F)(F)F)c2c(-c3ccc(C#CC(C)(C)S(C)=O)nc3C(Cc3cc(F)cc(F)c3)NC(=O)CN=C3/C(=C(\N)C(F)(F)F)[C@@H](C)CC3(F)F)ccc(Cl)c12. The molecule has 3 amide bonds. The van der Waals surface area contributed by atoms with Gasteiger partial charge in [-0.05, 0) is 128 Å². The summed E-state index contributed by atoms with van der Waals surface area (Å²) in [4.78, 5) is 62.3. The minimum absolute atomic E-state index is 0.140. The summed E-state index contributed by atoms with van der Waals surface area (Å²) in [5.41, 5.74) is -2.52. The van der Waals surface area contributed by atoms with Crippen molar-refractivity contribution in [3.8, 4) is 23.0 Å². The molecule has 2 aromatic heterocycles. The van der Waals surface area contributed by atoms with Gasteiger partial charge in [-0.15, -0.1) is 0 Å². The number of hydrogen-bond acceptors (Lipinski definition) is 15. The van der Waals surface area contributed by atoms with Gasteiger partial charge in [-0.25, -0.2) is 32.0 Å². The summed E-state index contributed by atoms with van der Waals surface area (Å²) in [5, 5.41) is 6.21. The molecule has 0 aliphatic heterocycles. The number of amides is 3. The van der Waals surface area contributed by atoms with Crippen molar-refractivity contribution in [2.45, 2.75) is 135 Å². The predicted molar refractivity (Wildman–Crippen MR) is 308 cm³/mol. The molecule has 32 heteroatoms. The lowest BCUT2D eigenvalue weighted by molar-refractivity contribution is -0.141. The van der Waals surface area contributed by atoms with Crippen LogP contribution in [0.2, 0.25) is 5.02 Å². The number of pyridine rings is 1. The molecule has 4 aromatic rings. The highest BCUT2D eigenvalue weighted by molar-refractivity contribution is 8.00. The highest BCUT2D eigenvalue weighted by Crippen LogP contribution is 2.55. The number of nitrogens with one attached hydrogen (secondary N) is 1. The van der Waals surface area contributed by atoms with E-state index in [0.717, 1.165) is 28.3 Å². The number of ether oxygens (including phenoxy) is 1. The molecule has 0 saturated heterocycles. The summed E-state index contributed by atoms with van der Waals surface area (Å²) in [7, 11) is -5.93. The second-order valence-electron chi connectivity index (χ2n) is 22.3. The maximum absolute atomic E-state index is 15.4. The topological polar surface area (TPSA) is 227 Å². The van der Waals surface area contributed by atoms with Crippen molar-refractivity contribution in [1.82, 2.24) is 25.0 Å². The smallest absolute Gasteiger partial charge is 0.422 e. The van der Waals surface area contributed by atoms with Gasteiger partial charge in [0.25, 0.3) is 5.92 Å². The number of aldehydes is 1. The number of benzene rings is 2. The summed E-state index contributed by atoms with van der Waals surface area (Å²) in [6.07, 6.45) is -10.8. The molecule has 2 heterocycles. The van der Waals surface area contributed by atoms with Crippen molar-refractivity contribution >= 4 is 88.8 Å². The average molecular weight is 1320 g/mol. The first-order valence-corrected chi connectivity index (χ1v) is 30.8. The number of alkyl halides is 8. The van der Waals surface area contributed by atoms with Crippen molar-refractivity contribution in [3.63, 3.8) is 0 Å². The van der Waals surface area contributed by atoms with E-state index in [9.17, 15) is 63.1 Å². The monoisotopic (exact) mass is 1320 g/mol. The van der Waals surface area contributed by atoms with Crippen LogP contribution in [0.4, 0.5) is 54.5 Å². The molecule has 1 aliphatic rings. The molecule has 0 spiro atoms. The molecule has 3 N–H and O–H groups in total. The fraction of sp³-hybridized carbons (Fsp3) is 0.509. The second kappa shape index (κ2) is 28.2. The van der Waals surface area contributed by atoms with Gasteiger partial charge in [0.15, 0.2) is 5.82 Å². The first-order valence-electron chi connectivity index (χ1n) is 26.2. The van der Waals surface area contributed by atoms with E-state index in [0.29, 0.717) is 29.0 Å². The van der Waals surface area contributed by atoms with Crippen LogP contribution in [0.15, 0.2) is 58.7 Å². The van der Waals surface area contributed by atoms with Gasteiger partial charge < -0.3 is 25.5 Å². The number of halogens is 11. The van der Waals surface area contributed by atoms with Crippen LogP contribution in [0, 0.1) is 29.4 Å². The Morgan fingerprint density at radius 2 is 1.61 bits per heavy atom. The van der Waals surface area contributed by atoms with E-state index in [-0.39, 0.29) is 51.5 Å². The number of anilines is 1. The molecule has 0 radical (unpaired) electrons. The largest absolute Gasteiger partial charge is 0.478 e. The Kier molecular flexibility index (Phi) is 23.2. The number of aromatic nitrogens is 3. The zero-order chi connectivity index (χ0) is 65.6. The summed E-state index contributed by atoms with van der Waals surface area (Å²) >= 11 is 7.52. The normalized spacial score (nSPS) is 16.7. The number of rotatable bonds is 22. The fourth-order valence-corrected chi connectivity index (χ4v) is 11.4. The zero-order valence-corrected chi connectivity index (χ0v) is 52.2. The number of nitrogens with zero attached hydrogens (tertiary/aromatic N) is 6. The van der Waals surface area contributed by atoms with Crippen LogP contribution in [-0.2, 0) is 61.0 Å². The van der Waals surface area contributed by atoms with Crippen LogP contribution in [0.5, 0.6) is 0 Å². The van der Waals surface area contributed by atoms with Gasteiger partial charge in [-0.1, -0.05) is 30.5 Å². The van der Waals surface area contributed by atoms with Gasteiger partial charge >= 0.3 is 26.3 Å². The highest BCUT2D eigenvalue weighted by atomic mass is 35.5. The molecule has 1 saturated carbocycles.